The van der Waals surface area contributed by atoms with Gasteiger partial charge in [0, 0.05) is 58.6 Å². The van der Waals surface area contributed by atoms with Crippen LogP contribution >= 0.6 is 23.2 Å². The van der Waals surface area contributed by atoms with E-state index in [1.807, 2.05) is 54.9 Å². The number of aliphatic carboxylic acids is 2. The van der Waals surface area contributed by atoms with E-state index in [1.165, 1.54) is 13.3 Å². The lowest BCUT2D eigenvalue weighted by atomic mass is 9.94. The summed E-state index contributed by atoms with van der Waals surface area (Å²) in [5, 5.41) is 59.3. The van der Waals surface area contributed by atoms with E-state index >= 15 is 0 Å². The van der Waals surface area contributed by atoms with E-state index in [-0.39, 0.29) is 32.8 Å². The van der Waals surface area contributed by atoms with Gasteiger partial charge in [0.05, 0.1) is 48.7 Å². The van der Waals surface area contributed by atoms with Crippen molar-refractivity contribution in [1.82, 2.24) is 25.4 Å². The molecule has 6 rings (SSSR count). The standard InChI is InChI=1S/C45H44Cl2N6O9/c1-25-29(24-62-42-14-40(60-3)30(12-36(42)47)18-50-37(21-54)44(56)57)6-4-7-33(25)34-8-5-9-39-43(34)26(2)52-53(39)20-32-13-41(61-23-28-10-27(15-48)16-49-17-28)31(11-35(32)46)19-51-38(22-55)45(58)59/h4-14,16-17,37-38,50-51,54-55H,18-24H2,1-3H3,(H,56,57)(H,58,59). The molecule has 0 bridgehead atoms. The van der Waals surface area contributed by atoms with Crippen molar-refractivity contribution in [1.29, 1.82) is 5.26 Å². The number of nitriles is 1. The van der Waals surface area contributed by atoms with Crippen molar-refractivity contribution in [2.24, 2.45) is 0 Å². The maximum atomic E-state index is 11.6. The summed E-state index contributed by atoms with van der Waals surface area (Å²) >= 11 is 13.5. The Hall–Kier alpha value is -6.25. The average molecular weight is 884 g/mol. The molecule has 62 heavy (non-hydrogen) atoms. The number of carboxylic acid groups (broad SMARTS) is 2. The molecule has 2 atom stereocenters. The minimum atomic E-state index is -1.20. The van der Waals surface area contributed by atoms with Crippen LogP contribution in [0.2, 0.25) is 10.0 Å². The highest BCUT2D eigenvalue weighted by Crippen LogP contribution is 2.37. The first kappa shape index (κ1) is 45.3. The lowest BCUT2D eigenvalue weighted by Crippen LogP contribution is -2.39. The number of pyridine rings is 1. The van der Waals surface area contributed by atoms with Crippen molar-refractivity contribution in [2.45, 2.75) is 58.8 Å². The number of methoxy groups -OCH3 is 1. The molecule has 0 aliphatic heterocycles. The highest BCUT2D eigenvalue weighted by atomic mass is 35.5. The molecule has 0 amide bonds. The number of halogens is 2. The Balaban J connectivity index is 1.26. The van der Waals surface area contributed by atoms with Crippen molar-refractivity contribution in [3.63, 3.8) is 0 Å². The monoisotopic (exact) mass is 882 g/mol. The zero-order valence-corrected chi connectivity index (χ0v) is 35.5. The van der Waals surface area contributed by atoms with Gasteiger partial charge < -0.3 is 34.6 Å². The molecule has 322 valence electrons. The smallest absolute Gasteiger partial charge is 0.323 e. The average Bonchev–Trinajstić information content (AvgIpc) is 3.58. The van der Waals surface area contributed by atoms with Gasteiger partial charge in [0.1, 0.15) is 48.6 Å². The molecule has 0 fully saturated rings. The van der Waals surface area contributed by atoms with E-state index in [4.69, 9.17) is 42.5 Å². The summed E-state index contributed by atoms with van der Waals surface area (Å²) in [6, 6.07) is 20.1. The summed E-state index contributed by atoms with van der Waals surface area (Å²) in [7, 11) is 1.49. The summed E-state index contributed by atoms with van der Waals surface area (Å²) in [5.41, 5.74) is 8.37. The first-order valence-corrected chi connectivity index (χ1v) is 20.1. The third kappa shape index (κ3) is 10.4. The number of nitrogens with zero attached hydrogens (tertiary/aromatic N) is 4. The Morgan fingerprint density at radius 2 is 1.44 bits per heavy atom. The number of hydrogen-bond acceptors (Lipinski definition) is 12. The van der Waals surface area contributed by atoms with Crippen molar-refractivity contribution in [2.75, 3.05) is 20.3 Å². The predicted octanol–water partition coefficient (Wildman–Crippen LogP) is 6.18. The molecule has 0 aliphatic carbocycles. The van der Waals surface area contributed by atoms with E-state index in [2.05, 4.69) is 21.7 Å². The van der Waals surface area contributed by atoms with Crippen molar-refractivity contribution >= 4 is 46.0 Å². The van der Waals surface area contributed by atoms with Gasteiger partial charge in [0.25, 0.3) is 0 Å². The summed E-state index contributed by atoms with van der Waals surface area (Å²) in [6.45, 7) is 3.44. The minimum Gasteiger partial charge on any atom is -0.496 e. The number of aromatic nitrogens is 3. The maximum absolute atomic E-state index is 11.6. The molecule has 6 aromatic rings. The molecule has 17 heteroatoms. The molecule has 15 nitrogen and oxygen atoms in total. The number of benzene rings is 4. The quantitative estimate of drug-likeness (QED) is 0.0505. The van der Waals surface area contributed by atoms with Gasteiger partial charge in [0.2, 0.25) is 0 Å². The normalized spacial score (nSPS) is 12.2. The fraction of sp³-hybridized carbons (Fsp3) is 0.267. The zero-order valence-electron chi connectivity index (χ0n) is 34.0. The number of fused-ring (bicyclic) bond motifs is 1. The summed E-state index contributed by atoms with van der Waals surface area (Å²) in [4.78, 5) is 27.1. The Morgan fingerprint density at radius 1 is 0.790 bits per heavy atom. The Labute approximate surface area is 367 Å². The number of rotatable bonds is 20. The summed E-state index contributed by atoms with van der Waals surface area (Å²) in [5.74, 6) is -1.14. The van der Waals surface area contributed by atoms with E-state index in [0.29, 0.717) is 55.1 Å². The van der Waals surface area contributed by atoms with Crippen LogP contribution in [0.3, 0.4) is 0 Å². The maximum Gasteiger partial charge on any atom is 0.323 e. The number of hydrogen-bond donors (Lipinski definition) is 6. The SMILES string of the molecule is COc1cc(OCc2cccc(-c3cccc4c3c(C)nn4Cc3cc(OCc4cncc(C#N)c4)c(CNC(CO)C(=O)O)cc3Cl)c2C)c(Cl)cc1CNC(CO)C(=O)O. The van der Waals surface area contributed by atoms with Gasteiger partial charge in [-0.25, -0.2) is 0 Å². The van der Waals surface area contributed by atoms with E-state index in [1.54, 1.807) is 36.5 Å². The second kappa shape index (κ2) is 20.5. The second-order valence-electron chi connectivity index (χ2n) is 14.4. The highest BCUT2D eigenvalue weighted by Gasteiger charge is 2.21. The predicted molar refractivity (Wildman–Crippen MR) is 232 cm³/mol. The number of ether oxygens (including phenoxy) is 3. The molecule has 0 aliphatic rings. The number of nitrogens with one attached hydrogen (secondary N) is 2. The first-order chi connectivity index (χ1) is 29.8. The van der Waals surface area contributed by atoms with E-state index < -0.39 is 37.2 Å². The molecular weight excluding hydrogens is 839 g/mol. The molecule has 6 N–H and O–H groups in total. The Morgan fingerprint density at radius 3 is 2.10 bits per heavy atom. The lowest BCUT2D eigenvalue weighted by Gasteiger charge is -2.18. The first-order valence-electron chi connectivity index (χ1n) is 19.3. The highest BCUT2D eigenvalue weighted by molar-refractivity contribution is 6.32. The van der Waals surface area contributed by atoms with Crippen molar-refractivity contribution in [3.8, 4) is 34.4 Å². The summed E-state index contributed by atoms with van der Waals surface area (Å²) < 4.78 is 19.9. The molecule has 0 radical (unpaired) electrons. The molecule has 0 saturated carbocycles. The van der Waals surface area contributed by atoms with Crippen LogP contribution in [0.15, 0.2) is 79.1 Å². The number of aryl methyl sites for hydroxylation is 1. The van der Waals surface area contributed by atoms with Crippen LogP contribution in [0.25, 0.3) is 22.0 Å². The van der Waals surface area contributed by atoms with Gasteiger partial charge >= 0.3 is 11.9 Å². The van der Waals surface area contributed by atoms with Crippen LogP contribution in [0.5, 0.6) is 17.2 Å². The van der Waals surface area contributed by atoms with E-state index in [9.17, 15) is 35.3 Å². The molecule has 2 aromatic heterocycles. The molecule has 0 spiro atoms. The van der Waals surface area contributed by atoms with Crippen LogP contribution < -0.4 is 24.8 Å². The van der Waals surface area contributed by atoms with E-state index in [0.717, 1.165) is 38.9 Å². The molecule has 0 saturated heterocycles. The van der Waals surface area contributed by atoms with Crippen LogP contribution in [-0.2, 0) is 42.4 Å². The topological polar surface area (TPSA) is 221 Å². The van der Waals surface area contributed by atoms with Gasteiger partial charge in [-0.05, 0) is 72.0 Å². The van der Waals surface area contributed by atoms with Crippen LogP contribution in [-0.4, -0.2) is 79.5 Å². The number of carbonyl (C=O) groups is 2. The third-order valence-electron chi connectivity index (χ3n) is 10.3. The summed E-state index contributed by atoms with van der Waals surface area (Å²) in [6.07, 6.45) is 3.05. The van der Waals surface area contributed by atoms with Crippen molar-refractivity contribution in [3.05, 3.63) is 134 Å². The van der Waals surface area contributed by atoms with Crippen LogP contribution in [0.4, 0.5) is 0 Å². The fourth-order valence-corrected chi connectivity index (χ4v) is 7.46. The van der Waals surface area contributed by atoms with Crippen LogP contribution in [0.1, 0.15) is 44.6 Å². The number of aliphatic hydroxyl groups is 2. The van der Waals surface area contributed by atoms with Gasteiger partial charge in [-0.1, -0.05) is 53.5 Å². The third-order valence-corrected chi connectivity index (χ3v) is 11.0. The van der Waals surface area contributed by atoms with Gasteiger partial charge in [-0.15, -0.1) is 0 Å². The van der Waals surface area contributed by atoms with Gasteiger partial charge in [-0.3, -0.25) is 29.9 Å². The molecular formula is C45H44Cl2N6O9. The van der Waals surface area contributed by atoms with Crippen molar-refractivity contribution < 1.29 is 44.2 Å². The second-order valence-corrected chi connectivity index (χ2v) is 15.2. The Kier molecular flexibility index (Phi) is 15.0. The Bertz CT molecular complexity index is 2650. The van der Waals surface area contributed by atoms with Crippen LogP contribution in [0, 0.1) is 25.2 Å². The fourth-order valence-electron chi connectivity index (χ4n) is 6.97. The number of aliphatic hydroxyl groups excluding tert-OH is 2. The number of carboxylic acids is 2. The largest absolute Gasteiger partial charge is 0.496 e. The molecule has 2 heterocycles. The molecule has 2 unspecified atom stereocenters. The lowest BCUT2D eigenvalue weighted by molar-refractivity contribution is -0.141. The molecule has 4 aromatic carbocycles. The van der Waals surface area contributed by atoms with Gasteiger partial charge in [0.15, 0.2) is 0 Å². The zero-order chi connectivity index (χ0) is 44.5. The minimum absolute atomic E-state index is 0.0356. The van der Waals surface area contributed by atoms with Gasteiger partial charge in [-0.2, -0.15) is 10.4 Å².